The monoisotopic (exact) mass is 238 g/mol. The Hall–Kier alpha value is -1.89. The van der Waals surface area contributed by atoms with Crippen molar-refractivity contribution in [3.63, 3.8) is 0 Å². The fourth-order valence-corrected chi connectivity index (χ4v) is 2.12. The van der Waals surface area contributed by atoms with E-state index in [1.54, 1.807) is 0 Å². The summed E-state index contributed by atoms with van der Waals surface area (Å²) in [5.41, 5.74) is 3.83. The number of hydrogen-bond donors (Lipinski definition) is 0. The molecule has 0 N–H and O–H groups in total. The zero-order valence-corrected chi connectivity index (χ0v) is 11.1. The second-order valence-corrected chi connectivity index (χ2v) is 4.94. The van der Waals surface area contributed by atoms with E-state index in [1.165, 1.54) is 0 Å². The van der Waals surface area contributed by atoms with Crippen molar-refractivity contribution in [2.45, 2.75) is 26.7 Å². The van der Waals surface area contributed by atoms with Gasteiger partial charge in [0.25, 0.3) is 0 Å². The van der Waals surface area contributed by atoms with Gasteiger partial charge in [0.05, 0.1) is 0 Å². The molecular weight excluding hydrogens is 220 g/mol. The highest BCUT2D eigenvalue weighted by Gasteiger charge is 2.15. The van der Waals surface area contributed by atoms with Gasteiger partial charge in [-0.25, -0.2) is 0 Å². The molecule has 0 unspecified atom stereocenters. The molecule has 0 heterocycles. The van der Waals surface area contributed by atoms with Crippen LogP contribution in [0.25, 0.3) is 0 Å². The van der Waals surface area contributed by atoms with E-state index in [0.29, 0.717) is 5.92 Å². The molecule has 0 saturated carbocycles. The van der Waals surface area contributed by atoms with E-state index >= 15 is 0 Å². The largest absolute Gasteiger partial charge is 0.289 e. The van der Waals surface area contributed by atoms with Crippen LogP contribution in [0.4, 0.5) is 0 Å². The quantitative estimate of drug-likeness (QED) is 0.726. The molecule has 0 saturated heterocycles. The van der Waals surface area contributed by atoms with Gasteiger partial charge in [-0.2, -0.15) is 0 Å². The summed E-state index contributed by atoms with van der Waals surface area (Å²) < 4.78 is 0. The summed E-state index contributed by atoms with van der Waals surface area (Å²) in [6.07, 6.45) is 0. The highest BCUT2D eigenvalue weighted by Crippen LogP contribution is 2.23. The van der Waals surface area contributed by atoms with Gasteiger partial charge in [-0.05, 0) is 24.5 Å². The standard InChI is InChI=1S/C17H18O/c1-12(2)15-10-9-13(3)11-16(15)17(18)14-7-5-4-6-8-14/h4-12H,1-3H3. The van der Waals surface area contributed by atoms with E-state index in [0.717, 1.165) is 22.3 Å². The van der Waals surface area contributed by atoms with Crippen LogP contribution in [0.5, 0.6) is 0 Å². The normalized spacial score (nSPS) is 10.7. The smallest absolute Gasteiger partial charge is 0.193 e. The van der Waals surface area contributed by atoms with Crippen molar-refractivity contribution in [2.24, 2.45) is 0 Å². The highest BCUT2D eigenvalue weighted by atomic mass is 16.1. The zero-order chi connectivity index (χ0) is 13.1. The van der Waals surface area contributed by atoms with Crippen LogP contribution in [0.3, 0.4) is 0 Å². The molecule has 2 aromatic rings. The number of rotatable bonds is 3. The molecular formula is C17H18O. The molecule has 0 aliphatic carbocycles. The third-order valence-electron chi connectivity index (χ3n) is 3.11. The summed E-state index contributed by atoms with van der Waals surface area (Å²) in [5.74, 6) is 0.469. The summed E-state index contributed by atoms with van der Waals surface area (Å²) in [5, 5.41) is 0. The van der Waals surface area contributed by atoms with Crippen molar-refractivity contribution in [3.8, 4) is 0 Å². The number of carbonyl (C=O) groups is 1. The Balaban J connectivity index is 2.50. The minimum atomic E-state index is 0.114. The maximum absolute atomic E-state index is 12.5. The Kier molecular flexibility index (Phi) is 3.61. The first-order chi connectivity index (χ1) is 8.59. The molecule has 92 valence electrons. The first kappa shape index (κ1) is 12.6. The lowest BCUT2D eigenvalue weighted by Crippen LogP contribution is -2.07. The van der Waals surface area contributed by atoms with E-state index in [9.17, 15) is 4.79 Å². The third-order valence-corrected chi connectivity index (χ3v) is 3.11. The molecule has 0 atom stereocenters. The first-order valence-corrected chi connectivity index (χ1v) is 6.30. The van der Waals surface area contributed by atoms with Crippen LogP contribution < -0.4 is 0 Å². The van der Waals surface area contributed by atoms with Gasteiger partial charge in [-0.3, -0.25) is 4.79 Å². The molecule has 18 heavy (non-hydrogen) atoms. The fourth-order valence-electron chi connectivity index (χ4n) is 2.12. The second-order valence-electron chi connectivity index (χ2n) is 4.94. The van der Waals surface area contributed by atoms with E-state index in [-0.39, 0.29) is 5.78 Å². The van der Waals surface area contributed by atoms with Crippen molar-refractivity contribution in [2.75, 3.05) is 0 Å². The average Bonchev–Trinajstić information content (AvgIpc) is 2.38. The Morgan fingerprint density at radius 2 is 1.67 bits per heavy atom. The molecule has 2 aromatic carbocycles. The minimum absolute atomic E-state index is 0.114. The summed E-state index contributed by atoms with van der Waals surface area (Å²) in [6, 6.07) is 15.6. The lowest BCUT2D eigenvalue weighted by Gasteiger charge is -2.12. The Morgan fingerprint density at radius 3 is 2.28 bits per heavy atom. The van der Waals surface area contributed by atoms with Gasteiger partial charge in [-0.15, -0.1) is 0 Å². The maximum Gasteiger partial charge on any atom is 0.193 e. The number of benzene rings is 2. The van der Waals surface area contributed by atoms with Gasteiger partial charge in [0, 0.05) is 11.1 Å². The summed E-state index contributed by atoms with van der Waals surface area (Å²) in [7, 11) is 0. The third kappa shape index (κ3) is 2.51. The Labute approximate surface area is 108 Å². The molecule has 0 amide bonds. The number of carbonyl (C=O) groups excluding carboxylic acids is 1. The summed E-state index contributed by atoms with van der Waals surface area (Å²) in [4.78, 5) is 12.5. The number of hydrogen-bond acceptors (Lipinski definition) is 1. The van der Waals surface area contributed by atoms with Gasteiger partial charge >= 0.3 is 0 Å². The van der Waals surface area contributed by atoms with Crippen LogP contribution in [0.1, 0.15) is 46.8 Å². The Morgan fingerprint density at radius 1 is 1.00 bits per heavy atom. The maximum atomic E-state index is 12.5. The molecule has 0 radical (unpaired) electrons. The van der Waals surface area contributed by atoms with Crippen molar-refractivity contribution < 1.29 is 4.79 Å². The van der Waals surface area contributed by atoms with E-state index in [4.69, 9.17) is 0 Å². The number of aryl methyl sites for hydroxylation is 1. The molecule has 1 nitrogen and oxygen atoms in total. The van der Waals surface area contributed by atoms with E-state index in [2.05, 4.69) is 26.0 Å². The molecule has 0 aliphatic rings. The number of ketones is 1. The molecule has 0 bridgehead atoms. The summed E-state index contributed by atoms with van der Waals surface area (Å²) in [6.45, 7) is 6.25. The Bertz CT molecular complexity index is 553. The van der Waals surface area contributed by atoms with Gasteiger partial charge in [0.1, 0.15) is 0 Å². The van der Waals surface area contributed by atoms with Crippen molar-refractivity contribution in [1.82, 2.24) is 0 Å². The predicted octanol–water partition coefficient (Wildman–Crippen LogP) is 4.35. The highest BCUT2D eigenvalue weighted by molar-refractivity contribution is 6.10. The average molecular weight is 238 g/mol. The van der Waals surface area contributed by atoms with Crippen molar-refractivity contribution >= 4 is 5.78 Å². The van der Waals surface area contributed by atoms with E-state index < -0.39 is 0 Å². The topological polar surface area (TPSA) is 17.1 Å². The van der Waals surface area contributed by atoms with Gasteiger partial charge in [0.2, 0.25) is 0 Å². The van der Waals surface area contributed by atoms with E-state index in [1.807, 2.05) is 43.3 Å². The first-order valence-electron chi connectivity index (χ1n) is 6.30. The van der Waals surface area contributed by atoms with Gasteiger partial charge < -0.3 is 0 Å². The van der Waals surface area contributed by atoms with Crippen LogP contribution in [0, 0.1) is 6.92 Å². The van der Waals surface area contributed by atoms with Crippen LogP contribution in [0.2, 0.25) is 0 Å². The second kappa shape index (κ2) is 5.18. The predicted molar refractivity (Wildman–Crippen MR) is 75.1 cm³/mol. The zero-order valence-electron chi connectivity index (χ0n) is 11.1. The molecule has 2 rings (SSSR count). The lowest BCUT2D eigenvalue weighted by atomic mass is 9.91. The van der Waals surface area contributed by atoms with Crippen LogP contribution in [-0.4, -0.2) is 5.78 Å². The SMILES string of the molecule is Cc1ccc(C(C)C)c(C(=O)c2ccccc2)c1. The summed E-state index contributed by atoms with van der Waals surface area (Å²) >= 11 is 0. The molecule has 1 heteroatoms. The lowest BCUT2D eigenvalue weighted by molar-refractivity contribution is 0.103. The van der Waals surface area contributed by atoms with Gasteiger partial charge in [-0.1, -0.05) is 61.9 Å². The fraction of sp³-hybridized carbons (Fsp3) is 0.235. The molecule has 0 fully saturated rings. The van der Waals surface area contributed by atoms with Crippen molar-refractivity contribution in [3.05, 3.63) is 70.8 Å². The molecule has 0 spiro atoms. The van der Waals surface area contributed by atoms with Crippen LogP contribution in [-0.2, 0) is 0 Å². The minimum Gasteiger partial charge on any atom is -0.289 e. The van der Waals surface area contributed by atoms with Gasteiger partial charge in [0.15, 0.2) is 5.78 Å². The van der Waals surface area contributed by atoms with Crippen LogP contribution in [0.15, 0.2) is 48.5 Å². The molecule has 0 aromatic heterocycles. The van der Waals surface area contributed by atoms with Crippen molar-refractivity contribution in [1.29, 1.82) is 0 Å². The van der Waals surface area contributed by atoms with Crippen LogP contribution >= 0.6 is 0 Å². The molecule has 0 aliphatic heterocycles.